The first-order valence-electron chi connectivity index (χ1n) is 3.95. The highest BCUT2D eigenvalue weighted by atomic mass is 15.6. The molecule has 0 aromatic carbocycles. The fraction of sp³-hybridized carbons (Fsp3) is 1.00. The molecule has 1 aliphatic heterocycles. The van der Waals surface area contributed by atoms with Crippen LogP contribution >= 0.6 is 0 Å². The Morgan fingerprint density at radius 3 is 2.90 bits per heavy atom. The van der Waals surface area contributed by atoms with Crippen LogP contribution in [-0.4, -0.2) is 24.6 Å². The molecule has 0 spiro atoms. The Hall–Kier alpha value is -0.600. The molecular formula is C7H15N3. The van der Waals surface area contributed by atoms with Crippen molar-refractivity contribution in [2.45, 2.75) is 32.2 Å². The Morgan fingerprint density at radius 1 is 1.60 bits per heavy atom. The van der Waals surface area contributed by atoms with Gasteiger partial charge in [-0.05, 0) is 6.42 Å². The fourth-order valence-electron chi connectivity index (χ4n) is 1.14. The maximum absolute atomic E-state index is 3.95. The van der Waals surface area contributed by atoms with Crippen LogP contribution in [0.5, 0.6) is 0 Å². The quantitative estimate of drug-likeness (QED) is 0.589. The normalized spacial score (nSPS) is 24.2. The molecule has 3 nitrogen and oxygen atoms in total. The van der Waals surface area contributed by atoms with E-state index in [0.29, 0.717) is 6.04 Å². The zero-order valence-electron chi connectivity index (χ0n) is 6.75. The zero-order chi connectivity index (χ0) is 7.40. The third-order valence-corrected chi connectivity index (χ3v) is 1.92. The van der Waals surface area contributed by atoms with Gasteiger partial charge < -0.3 is 0 Å². The molecule has 1 unspecified atom stereocenters. The lowest BCUT2D eigenvalue weighted by Gasteiger charge is -2.15. The maximum atomic E-state index is 3.95. The zero-order valence-corrected chi connectivity index (χ0v) is 6.75. The summed E-state index contributed by atoms with van der Waals surface area (Å²) in [4.78, 5) is 0. The minimum absolute atomic E-state index is 0.583. The molecule has 3 heteroatoms. The molecule has 0 fully saturated rings. The van der Waals surface area contributed by atoms with Crippen molar-refractivity contribution >= 4 is 0 Å². The van der Waals surface area contributed by atoms with Crippen LogP contribution in [0.25, 0.3) is 0 Å². The highest BCUT2D eigenvalue weighted by Gasteiger charge is 2.16. The van der Waals surface area contributed by atoms with Gasteiger partial charge in [-0.1, -0.05) is 25.0 Å². The van der Waals surface area contributed by atoms with Gasteiger partial charge in [0.25, 0.3) is 0 Å². The highest BCUT2D eigenvalue weighted by molar-refractivity contribution is 4.71. The minimum Gasteiger partial charge on any atom is -0.277 e. The van der Waals surface area contributed by atoms with Gasteiger partial charge in [0.05, 0.1) is 12.6 Å². The summed E-state index contributed by atoms with van der Waals surface area (Å²) in [6, 6.07) is 0.583. The number of rotatable bonds is 3. The molecule has 1 aliphatic rings. The molecule has 1 atom stereocenters. The van der Waals surface area contributed by atoms with E-state index in [1.165, 1.54) is 19.3 Å². The number of hydrogen-bond donors (Lipinski definition) is 0. The van der Waals surface area contributed by atoms with Gasteiger partial charge in [0, 0.05) is 7.05 Å². The highest BCUT2D eigenvalue weighted by Crippen LogP contribution is 2.13. The molecule has 0 bridgehead atoms. The molecule has 0 aromatic heterocycles. The third-order valence-electron chi connectivity index (χ3n) is 1.92. The van der Waals surface area contributed by atoms with E-state index in [1.807, 2.05) is 12.1 Å². The van der Waals surface area contributed by atoms with E-state index in [9.17, 15) is 0 Å². The van der Waals surface area contributed by atoms with E-state index in [1.54, 1.807) is 0 Å². The summed E-state index contributed by atoms with van der Waals surface area (Å²) in [5, 5.41) is 9.85. The molecule has 58 valence electrons. The van der Waals surface area contributed by atoms with E-state index in [4.69, 9.17) is 0 Å². The molecule has 0 radical (unpaired) electrons. The van der Waals surface area contributed by atoms with Gasteiger partial charge in [0.15, 0.2) is 0 Å². The van der Waals surface area contributed by atoms with Crippen LogP contribution in [0.15, 0.2) is 10.3 Å². The van der Waals surface area contributed by atoms with E-state index in [2.05, 4.69) is 17.3 Å². The van der Waals surface area contributed by atoms with Crippen molar-refractivity contribution in [1.82, 2.24) is 5.01 Å². The van der Waals surface area contributed by atoms with Gasteiger partial charge in [-0.2, -0.15) is 5.11 Å². The Bertz CT molecular complexity index is 122. The number of unbranched alkanes of at least 4 members (excludes halogenated alkanes) is 1. The monoisotopic (exact) mass is 141 g/mol. The van der Waals surface area contributed by atoms with Crippen LogP contribution in [0.1, 0.15) is 26.2 Å². The lowest BCUT2D eigenvalue weighted by atomic mass is 10.1. The van der Waals surface area contributed by atoms with Crippen molar-refractivity contribution in [3.63, 3.8) is 0 Å². The summed E-state index contributed by atoms with van der Waals surface area (Å²) in [7, 11) is 2.00. The van der Waals surface area contributed by atoms with Crippen molar-refractivity contribution in [3.8, 4) is 0 Å². The Balaban J connectivity index is 2.17. The largest absolute Gasteiger partial charge is 0.277 e. The molecule has 0 saturated heterocycles. The van der Waals surface area contributed by atoms with Gasteiger partial charge in [-0.15, -0.1) is 0 Å². The predicted octanol–water partition coefficient (Wildman–Crippen LogP) is 1.86. The first-order valence-corrected chi connectivity index (χ1v) is 3.95. The van der Waals surface area contributed by atoms with E-state index in [-0.39, 0.29) is 0 Å². The first-order chi connectivity index (χ1) is 4.84. The number of likely N-dealkylation sites (N-methyl/N-ethyl adjacent to an activating group) is 1. The summed E-state index contributed by atoms with van der Waals surface area (Å²) in [6.07, 6.45) is 3.80. The molecule has 1 rings (SSSR count). The second kappa shape index (κ2) is 3.54. The summed E-state index contributed by atoms with van der Waals surface area (Å²) in [5.41, 5.74) is 0. The smallest absolute Gasteiger partial charge is 0.0841 e. The summed E-state index contributed by atoms with van der Waals surface area (Å²) >= 11 is 0. The fourth-order valence-corrected chi connectivity index (χ4v) is 1.14. The third kappa shape index (κ3) is 1.69. The lowest BCUT2D eigenvalue weighted by Crippen LogP contribution is -2.24. The predicted molar refractivity (Wildman–Crippen MR) is 40.8 cm³/mol. The molecule has 1 heterocycles. The van der Waals surface area contributed by atoms with Gasteiger partial charge in [-0.25, -0.2) is 0 Å². The molecule has 10 heavy (non-hydrogen) atoms. The second-order valence-electron chi connectivity index (χ2n) is 2.78. The maximum Gasteiger partial charge on any atom is 0.0841 e. The van der Waals surface area contributed by atoms with Crippen molar-refractivity contribution in [2.75, 3.05) is 13.6 Å². The summed E-state index contributed by atoms with van der Waals surface area (Å²) < 4.78 is 0. The van der Waals surface area contributed by atoms with Gasteiger partial charge in [0.1, 0.15) is 0 Å². The van der Waals surface area contributed by atoms with Crippen LogP contribution in [0.3, 0.4) is 0 Å². The van der Waals surface area contributed by atoms with Crippen LogP contribution in [0.2, 0.25) is 0 Å². The van der Waals surface area contributed by atoms with Gasteiger partial charge in [-0.3, -0.25) is 5.01 Å². The van der Waals surface area contributed by atoms with Crippen LogP contribution in [0.4, 0.5) is 0 Å². The molecule has 0 aliphatic carbocycles. The summed E-state index contributed by atoms with van der Waals surface area (Å²) in [6.45, 7) is 3.11. The SMILES string of the molecule is CCCCC1CN=NN1C. The average molecular weight is 141 g/mol. The van der Waals surface area contributed by atoms with E-state index >= 15 is 0 Å². The Morgan fingerprint density at radius 2 is 2.40 bits per heavy atom. The van der Waals surface area contributed by atoms with Crippen LogP contribution in [-0.2, 0) is 0 Å². The second-order valence-corrected chi connectivity index (χ2v) is 2.78. The van der Waals surface area contributed by atoms with Gasteiger partial charge >= 0.3 is 0 Å². The Labute approximate surface area is 62.1 Å². The summed E-state index contributed by atoms with van der Waals surface area (Å²) in [5.74, 6) is 0. The van der Waals surface area contributed by atoms with Crippen molar-refractivity contribution < 1.29 is 0 Å². The number of hydrogen-bond acceptors (Lipinski definition) is 3. The first kappa shape index (κ1) is 7.51. The molecule has 0 amide bonds. The van der Waals surface area contributed by atoms with Gasteiger partial charge in [0.2, 0.25) is 0 Å². The average Bonchev–Trinajstić information content (AvgIpc) is 2.31. The standard InChI is InChI=1S/C7H15N3/c1-3-4-5-7-6-8-9-10(7)2/h7H,3-6H2,1-2H3. The molecule has 0 saturated carbocycles. The molecular weight excluding hydrogens is 126 g/mol. The van der Waals surface area contributed by atoms with Crippen LogP contribution < -0.4 is 0 Å². The van der Waals surface area contributed by atoms with Crippen molar-refractivity contribution in [1.29, 1.82) is 0 Å². The number of nitrogens with zero attached hydrogens (tertiary/aromatic N) is 3. The van der Waals surface area contributed by atoms with E-state index < -0.39 is 0 Å². The van der Waals surface area contributed by atoms with Crippen molar-refractivity contribution in [2.24, 2.45) is 10.3 Å². The van der Waals surface area contributed by atoms with E-state index in [0.717, 1.165) is 6.54 Å². The van der Waals surface area contributed by atoms with Crippen LogP contribution in [0, 0.1) is 0 Å². The lowest BCUT2D eigenvalue weighted by molar-refractivity contribution is 0.276. The Kier molecular flexibility index (Phi) is 2.66. The van der Waals surface area contributed by atoms with Crippen molar-refractivity contribution in [3.05, 3.63) is 0 Å². The molecule has 0 N–H and O–H groups in total. The molecule has 0 aromatic rings. The minimum atomic E-state index is 0.583. The topological polar surface area (TPSA) is 28.0 Å².